The van der Waals surface area contributed by atoms with Crippen LogP contribution in [-0.2, 0) is 7.05 Å². The Morgan fingerprint density at radius 2 is 1.92 bits per heavy atom. The summed E-state index contributed by atoms with van der Waals surface area (Å²) < 4.78 is 18.4. The second-order valence-corrected chi connectivity index (χ2v) is 6.51. The molecule has 0 saturated carbocycles. The van der Waals surface area contributed by atoms with E-state index in [-0.39, 0.29) is 6.79 Å². The third-order valence-electron chi connectivity index (χ3n) is 3.79. The van der Waals surface area contributed by atoms with Gasteiger partial charge in [-0.25, -0.2) is 0 Å². The SMILES string of the molecule is Cn1c(SCCOc2ccccc2)nnc1-c1ccc2c(c1)OCO2. The van der Waals surface area contributed by atoms with E-state index in [1.165, 1.54) is 0 Å². The lowest BCUT2D eigenvalue weighted by Gasteiger charge is -2.06. The number of ether oxygens (including phenoxy) is 3. The first-order valence-electron chi connectivity index (χ1n) is 7.91. The minimum Gasteiger partial charge on any atom is -0.493 e. The summed E-state index contributed by atoms with van der Waals surface area (Å²) in [5, 5.41) is 9.43. The Labute approximate surface area is 149 Å². The van der Waals surface area contributed by atoms with E-state index in [1.54, 1.807) is 11.8 Å². The zero-order valence-corrected chi connectivity index (χ0v) is 14.5. The zero-order valence-electron chi connectivity index (χ0n) is 13.7. The van der Waals surface area contributed by atoms with Crippen LogP contribution in [0.15, 0.2) is 53.7 Å². The van der Waals surface area contributed by atoms with Gasteiger partial charge in [0.1, 0.15) is 5.75 Å². The number of hydrogen-bond acceptors (Lipinski definition) is 6. The fraction of sp³-hybridized carbons (Fsp3) is 0.222. The third kappa shape index (κ3) is 3.41. The molecule has 3 aromatic rings. The summed E-state index contributed by atoms with van der Waals surface area (Å²) in [5.41, 5.74) is 0.951. The van der Waals surface area contributed by atoms with E-state index in [2.05, 4.69) is 10.2 Å². The fourth-order valence-electron chi connectivity index (χ4n) is 2.54. The van der Waals surface area contributed by atoms with Crippen LogP contribution < -0.4 is 14.2 Å². The highest BCUT2D eigenvalue weighted by molar-refractivity contribution is 7.99. The van der Waals surface area contributed by atoms with Gasteiger partial charge in [-0.2, -0.15) is 0 Å². The molecule has 4 rings (SSSR count). The molecule has 0 bridgehead atoms. The maximum atomic E-state index is 5.70. The van der Waals surface area contributed by atoms with Crippen LogP contribution in [0.5, 0.6) is 17.2 Å². The molecule has 0 atom stereocenters. The van der Waals surface area contributed by atoms with E-state index >= 15 is 0 Å². The zero-order chi connectivity index (χ0) is 17.1. The predicted molar refractivity (Wildman–Crippen MR) is 95.2 cm³/mol. The van der Waals surface area contributed by atoms with Crippen LogP contribution in [0.4, 0.5) is 0 Å². The Hall–Kier alpha value is -2.67. The van der Waals surface area contributed by atoms with E-state index in [1.807, 2.05) is 60.1 Å². The van der Waals surface area contributed by atoms with Crippen molar-refractivity contribution in [2.75, 3.05) is 19.2 Å². The van der Waals surface area contributed by atoms with Crippen molar-refractivity contribution in [3.05, 3.63) is 48.5 Å². The molecule has 0 N–H and O–H groups in total. The second kappa shape index (κ2) is 7.06. The molecule has 2 heterocycles. The van der Waals surface area contributed by atoms with Crippen LogP contribution in [0.1, 0.15) is 0 Å². The number of hydrogen-bond donors (Lipinski definition) is 0. The van der Waals surface area contributed by atoms with Gasteiger partial charge in [-0.3, -0.25) is 0 Å². The van der Waals surface area contributed by atoms with Gasteiger partial charge in [0.05, 0.1) is 6.61 Å². The standard InChI is InChI=1S/C18H17N3O3S/c1-21-17(13-7-8-15-16(11-13)24-12-23-15)19-20-18(21)25-10-9-22-14-5-3-2-4-6-14/h2-8,11H,9-10,12H2,1H3. The Balaban J connectivity index is 1.39. The molecule has 128 valence electrons. The summed E-state index contributed by atoms with van der Waals surface area (Å²) >= 11 is 1.62. The largest absolute Gasteiger partial charge is 0.493 e. The van der Waals surface area contributed by atoms with Crippen molar-refractivity contribution in [2.45, 2.75) is 5.16 Å². The van der Waals surface area contributed by atoms with Crippen LogP contribution >= 0.6 is 11.8 Å². The smallest absolute Gasteiger partial charge is 0.231 e. The number of benzene rings is 2. The molecule has 0 saturated heterocycles. The number of thioether (sulfide) groups is 1. The molecule has 1 aliphatic rings. The molecule has 7 heteroatoms. The summed E-state index contributed by atoms with van der Waals surface area (Å²) in [7, 11) is 1.96. The van der Waals surface area contributed by atoms with Gasteiger partial charge in [0, 0.05) is 18.4 Å². The number of rotatable bonds is 6. The van der Waals surface area contributed by atoms with Crippen molar-refractivity contribution in [1.82, 2.24) is 14.8 Å². The Kier molecular flexibility index (Phi) is 4.47. The first-order chi connectivity index (χ1) is 12.3. The van der Waals surface area contributed by atoms with Crippen LogP contribution in [-0.4, -0.2) is 33.9 Å². The highest BCUT2D eigenvalue weighted by Crippen LogP contribution is 2.35. The Morgan fingerprint density at radius 1 is 1.08 bits per heavy atom. The van der Waals surface area contributed by atoms with Gasteiger partial charge in [0.25, 0.3) is 0 Å². The molecular formula is C18H17N3O3S. The quantitative estimate of drug-likeness (QED) is 0.499. The molecule has 0 fully saturated rings. The van der Waals surface area contributed by atoms with E-state index in [0.717, 1.165) is 39.5 Å². The lowest BCUT2D eigenvalue weighted by molar-refractivity contribution is 0.174. The van der Waals surface area contributed by atoms with Gasteiger partial charge in [-0.15, -0.1) is 10.2 Å². The monoisotopic (exact) mass is 355 g/mol. The summed E-state index contributed by atoms with van der Waals surface area (Å²) in [5.74, 6) is 3.97. The number of para-hydroxylation sites is 1. The van der Waals surface area contributed by atoms with Crippen LogP contribution in [0.3, 0.4) is 0 Å². The Bertz CT molecular complexity index is 867. The number of fused-ring (bicyclic) bond motifs is 1. The topological polar surface area (TPSA) is 58.4 Å². The first kappa shape index (κ1) is 15.8. The van der Waals surface area contributed by atoms with Crippen molar-refractivity contribution in [2.24, 2.45) is 7.05 Å². The highest BCUT2D eigenvalue weighted by Gasteiger charge is 2.17. The minimum atomic E-state index is 0.264. The van der Waals surface area contributed by atoms with Gasteiger partial charge in [0.2, 0.25) is 6.79 Å². The predicted octanol–water partition coefficient (Wildman–Crippen LogP) is 3.38. The van der Waals surface area contributed by atoms with E-state index in [4.69, 9.17) is 14.2 Å². The third-order valence-corrected chi connectivity index (χ3v) is 4.78. The van der Waals surface area contributed by atoms with E-state index in [0.29, 0.717) is 6.61 Å². The second-order valence-electron chi connectivity index (χ2n) is 5.44. The van der Waals surface area contributed by atoms with Gasteiger partial charge in [-0.1, -0.05) is 30.0 Å². The lowest BCUT2D eigenvalue weighted by Crippen LogP contribution is -2.02. The van der Waals surface area contributed by atoms with Crippen molar-refractivity contribution in [3.8, 4) is 28.6 Å². The molecular weight excluding hydrogens is 338 g/mol. The summed E-state index contributed by atoms with van der Waals surface area (Å²) in [6, 6.07) is 15.6. The fourth-order valence-corrected chi connectivity index (χ4v) is 3.26. The van der Waals surface area contributed by atoms with Crippen LogP contribution in [0.2, 0.25) is 0 Å². The average Bonchev–Trinajstić information content (AvgIpc) is 3.25. The van der Waals surface area contributed by atoms with Crippen molar-refractivity contribution < 1.29 is 14.2 Å². The maximum Gasteiger partial charge on any atom is 0.231 e. The minimum absolute atomic E-state index is 0.264. The van der Waals surface area contributed by atoms with E-state index < -0.39 is 0 Å². The molecule has 1 aliphatic heterocycles. The summed E-state index contributed by atoms with van der Waals surface area (Å²) in [6.07, 6.45) is 0. The molecule has 2 aromatic carbocycles. The molecule has 0 spiro atoms. The van der Waals surface area contributed by atoms with Crippen LogP contribution in [0.25, 0.3) is 11.4 Å². The van der Waals surface area contributed by atoms with Crippen LogP contribution in [0, 0.1) is 0 Å². The van der Waals surface area contributed by atoms with E-state index in [9.17, 15) is 0 Å². The first-order valence-corrected chi connectivity index (χ1v) is 8.90. The number of aromatic nitrogens is 3. The van der Waals surface area contributed by atoms with Gasteiger partial charge in [0.15, 0.2) is 22.5 Å². The van der Waals surface area contributed by atoms with Crippen molar-refractivity contribution >= 4 is 11.8 Å². The molecule has 0 unspecified atom stereocenters. The normalized spacial score (nSPS) is 12.4. The van der Waals surface area contributed by atoms with Gasteiger partial charge < -0.3 is 18.8 Å². The molecule has 0 radical (unpaired) electrons. The lowest BCUT2D eigenvalue weighted by atomic mass is 10.2. The molecule has 0 amide bonds. The number of nitrogens with zero attached hydrogens (tertiary/aromatic N) is 3. The van der Waals surface area contributed by atoms with Crippen molar-refractivity contribution in [3.63, 3.8) is 0 Å². The molecule has 6 nitrogen and oxygen atoms in total. The van der Waals surface area contributed by atoms with Crippen molar-refractivity contribution in [1.29, 1.82) is 0 Å². The summed E-state index contributed by atoms with van der Waals surface area (Å²) in [4.78, 5) is 0. The van der Waals surface area contributed by atoms with Gasteiger partial charge in [-0.05, 0) is 30.3 Å². The summed E-state index contributed by atoms with van der Waals surface area (Å²) in [6.45, 7) is 0.876. The molecule has 1 aromatic heterocycles. The highest BCUT2D eigenvalue weighted by atomic mass is 32.2. The maximum absolute atomic E-state index is 5.70. The van der Waals surface area contributed by atoms with Gasteiger partial charge >= 0.3 is 0 Å². The average molecular weight is 355 g/mol. The molecule has 0 aliphatic carbocycles. The Morgan fingerprint density at radius 3 is 2.80 bits per heavy atom. The molecule has 25 heavy (non-hydrogen) atoms.